The van der Waals surface area contributed by atoms with Gasteiger partial charge in [-0.2, -0.15) is 0 Å². The fourth-order valence-electron chi connectivity index (χ4n) is 5.17. The molecule has 1 aromatic heterocycles. The van der Waals surface area contributed by atoms with E-state index < -0.39 is 11.9 Å². The Morgan fingerprint density at radius 1 is 0.952 bits per heavy atom. The summed E-state index contributed by atoms with van der Waals surface area (Å²) < 4.78 is 6.42. The summed E-state index contributed by atoms with van der Waals surface area (Å²) in [5.74, 6) is -0.578. The van der Waals surface area contributed by atoms with Crippen LogP contribution in [0.4, 0.5) is 5.69 Å². The summed E-state index contributed by atoms with van der Waals surface area (Å²) in [6, 6.07) is 27.1. The number of anilines is 1. The van der Waals surface area contributed by atoms with Crippen LogP contribution in [0.15, 0.2) is 91.0 Å². The summed E-state index contributed by atoms with van der Waals surface area (Å²) in [7, 11) is 1.54. The van der Waals surface area contributed by atoms with Crippen LogP contribution in [0, 0.1) is 13.8 Å². The van der Waals surface area contributed by atoms with Crippen LogP contribution < -0.4 is 9.64 Å². The number of imide groups is 1. The van der Waals surface area contributed by atoms with E-state index >= 15 is 0 Å². The lowest BCUT2D eigenvalue weighted by Crippen LogP contribution is -2.45. The maximum Gasteiger partial charge on any atom is 0.257 e. The van der Waals surface area contributed by atoms with Crippen LogP contribution in [0.2, 0.25) is 0 Å². The van der Waals surface area contributed by atoms with Crippen LogP contribution >= 0.6 is 11.3 Å². The largest absolute Gasteiger partial charge is 0.497 e. The molecule has 0 radical (unpaired) electrons. The molecule has 4 aromatic carbocycles. The van der Waals surface area contributed by atoms with Gasteiger partial charge in [0.2, 0.25) is 5.91 Å². The van der Waals surface area contributed by atoms with Gasteiger partial charge in [0.1, 0.15) is 16.8 Å². The topological polar surface area (TPSA) is 79.8 Å². The zero-order valence-corrected chi connectivity index (χ0v) is 24.4. The number of benzene rings is 4. The van der Waals surface area contributed by atoms with Gasteiger partial charge in [-0.15, -0.1) is 11.3 Å². The quantitative estimate of drug-likeness (QED) is 0.205. The zero-order valence-electron chi connectivity index (χ0n) is 23.5. The normalized spacial score (nSPS) is 14.9. The number of methoxy groups -OCH3 is 1. The molecular weight excluding hydrogens is 546 g/mol. The van der Waals surface area contributed by atoms with Crippen molar-refractivity contribution in [3.63, 3.8) is 0 Å². The van der Waals surface area contributed by atoms with Crippen LogP contribution in [0.1, 0.15) is 33.5 Å². The van der Waals surface area contributed by atoms with E-state index in [9.17, 15) is 14.4 Å². The molecule has 1 aliphatic rings. The van der Waals surface area contributed by atoms with Gasteiger partial charge in [-0.3, -0.25) is 14.4 Å². The van der Waals surface area contributed by atoms with Gasteiger partial charge in [0, 0.05) is 17.7 Å². The fraction of sp³-hybridized carbons (Fsp3) is 0.176. The third kappa shape index (κ3) is 5.29. The van der Waals surface area contributed by atoms with Gasteiger partial charge in [0.05, 0.1) is 29.4 Å². The third-order valence-electron chi connectivity index (χ3n) is 7.47. The SMILES string of the molecule is COc1cccc(C(=O)N(Cc2ccc(C)cc2)C2CC(=O)N(c3ccc(-c4nc5ccc(C)cc5s4)cc3)C2=O)c1. The minimum atomic E-state index is -0.940. The molecule has 0 bridgehead atoms. The molecule has 2 heterocycles. The highest BCUT2D eigenvalue weighted by molar-refractivity contribution is 7.21. The second kappa shape index (κ2) is 11.2. The van der Waals surface area contributed by atoms with Gasteiger partial charge >= 0.3 is 0 Å². The molecule has 210 valence electrons. The number of aryl methyl sites for hydroxylation is 2. The van der Waals surface area contributed by atoms with Crippen LogP contribution in [0.5, 0.6) is 5.75 Å². The van der Waals surface area contributed by atoms with Gasteiger partial charge < -0.3 is 9.64 Å². The Bertz CT molecular complexity index is 1810. The number of thiazole rings is 1. The monoisotopic (exact) mass is 575 g/mol. The van der Waals surface area contributed by atoms with Gasteiger partial charge in [0.25, 0.3) is 11.8 Å². The maximum absolute atomic E-state index is 13.8. The average Bonchev–Trinajstić information content (AvgIpc) is 3.56. The molecule has 1 fully saturated rings. The lowest BCUT2D eigenvalue weighted by molar-refractivity contribution is -0.122. The van der Waals surface area contributed by atoms with E-state index in [2.05, 4.69) is 13.0 Å². The van der Waals surface area contributed by atoms with Crippen molar-refractivity contribution in [2.45, 2.75) is 32.9 Å². The molecule has 5 aromatic rings. The Kier molecular flexibility index (Phi) is 7.31. The van der Waals surface area contributed by atoms with Crippen LogP contribution in [-0.4, -0.2) is 40.8 Å². The van der Waals surface area contributed by atoms with Crippen molar-refractivity contribution < 1.29 is 19.1 Å². The van der Waals surface area contributed by atoms with Crippen molar-refractivity contribution in [2.75, 3.05) is 12.0 Å². The van der Waals surface area contributed by atoms with E-state index in [0.717, 1.165) is 31.9 Å². The minimum absolute atomic E-state index is 0.0978. The number of carbonyl (C=O) groups excluding carboxylic acids is 3. The highest BCUT2D eigenvalue weighted by Crippen LogP contribution is 2.33. The first kappa shape index (κ1) is 27.4. The number of carbonyl (C=O) groups is 3. The predicted octanol–water partition coefficient (Wildman–Crippen LogP) is 6.56. The molecule has 3 amide bonds. The van der Waals surface area contributed by atoms with Crippen molar-refractivity contribution in [1.29, 1.82) is 0 Å². The number of rotatable bonds is 7. The molecule has 8 heteroatoms. The Hall–Kier alpha value is -4.82. The molecule has 7 nitrogen and oxygen atoms in total. The predicted molar refractivity (Wildman–Crippen MR) is 165 cm³/mol. The number of hydrogen-bond acceptors (Lipinski definition) is 6. The standard InChI is InChI=1S/C34H29N3O4S/c1-21-7-10-23(11-8-21)20-36(33(39)25-5-4-6-27(18-25)41-3)29-19-31(38)37(34(29)40)26-14-12-24(13-15-26)32-35-28-16-9-22(2)17-30(28)42-32/h4-18,29H,19-20H2,1-3H3. The molecular formula is C34H29N3O4S. The highest BCUT2D eigenvalue weighted by atomic mass is 32.1. The number of hydrogen-bond donors (Lipinski definition) is 0. The molecule has 1 atom stereocenters. The Morgan fingerprint density at radius 3 is 2.43 bits per heavy atom. The second-order valence-electron chi connectivity index (χ2n) is 10.5. The van der Waals surface area contributed by atoms with Gasteiger partial charge in [-0.1, -0.05) is 42.0 Å². The lowest BCUT2D eigenvalue weighted by atomic mass is 10.1. The number of fused-ring (bicyclic) bond motifs is 1. The van der Waals surface area contributed by atoms with E-state index in [-0.39, 0.29) is 24.8 Å². The molecule has 0 saturated carbocycles. The Balaban J connectivity index is 1.29. The molecule has 42 heavy (non-hydrogen) atoms. The third-order valence-corrected chi connectivity index (χ3v) is 8.53. The number of amides is 3. The Morgan fingerprint density at radius 2 is 1.69 bits per heavy atom. The van der Waals surface area contributed by atoms with Crippen molar-refractivity contribution in [3.05, 3.63) is 113 Å². The smallest absolute Gasteiger partial charge is 0.257 e. The molecule has 0 N–H and O–H groups in total. The van der Waals surface area contributed by atoms with Crippen LogP contribution in [0.25, 0.3) is 20.8 Å². The van der Waals surface area contributed by atoms with E-state index in [1.807, 2.05) is 55.5 Å². The van der Waals surface area contributed by atoms with E-state index in [0.29, 0.717) is 17.0 Å². The minimum Gasteiger partial charge on any atom is -0.497 e. The molecule has 6 rings (SSSR count). The number of nitrogens with zero attached hydrogens (tertiary/aromatic N) is 3. The van der Waals surface area contributed by atoms with Crippen molar-refractivity contribution in [1.82, 2.24) is 9.88 Å². The second-order valence-corrected chi connectivity index (χ2v) is 11.5. The first-order valence-electron chi connectivity index (χ1n) is 13.7. The molecule has 0 spiro atoms. The number of aromatic nitrogens is 1. The van der Waals surface area contributed by atoms with Crippen molar-refractivity contribution in [3.8, 4) is 16.3 Å². The van der Waals surface area contributed by atoms with Crippen molar-refractivity contribution in [2.24, 2.45) is 0 Å². The molecule has 1 saturated heterocycles. The lowest BCUT2D eigenvalue weighted by Gasteiger charge is -2.28. The zero-order chi connectivity index (χ0) is 29.4. The molecule has 0 aliphatic carbocycles. The van der Waals surface area contributed by atoms with Gasteiger partial charge in [-0.05, 0) is 79.6 Å². The summed E-state index contributed by atoms with van der Waals surface area (Å²) in [5, 5.41) is 0.868. The Labute approximate surface area is 248 Å². The average molecular weight is 576 g/mol. The summed E-state index contributed by atoms with van der Waals surface area (Å²) in [4.78, 5) is 48.4. The molecule has 1 aliphatic heterocycles. The summed E-state index contributed by atoms with van der Waals surface area (Å²) in [5.41, 5.74) is 5.83. The van der Waals surface area contributed by atoms with Crippen LogP contribution in [0.3, 0.4) is 0 Å². The fourth-order valence-corrected chi connectivity index (χ4v) is 6.24. The summed E-state index contributed by atoms with van der Waals surface area (Å²) in [6.07, 6.45) is -0.0978. The van der Waals surface area contributed by atoms with Gasteiger partial charge in [0.15, 0.2) is 0 Å². The van der Waals surface area contributed by atoms with Gasteiger partial charge in [-0.25, -0.2) is 9.88 Å². The summed E-state index contributed by atoms with van der Waals surface area (Å²) in [6.45, 7) is 4.23. The van der Waals surface area contributed by atoms with E-state index in [1.54, 1.807) is 47.7 Å². The van der Waals surface area contributed by atoms with E-state index in [1.165, 1.54) is 22.5 Å². The number of ether oxygens (including phenoxy) is 1. The summed E-state index contributed by atoms with van der Waals surface area (Å²) >= 11 is 1.60. The molecule has 1 unspecified atom stereocenters. The maximum atomic E-state index is 13.8. The van der Waals surface area contributed by atoms with E-state index in [4.69, 9.17) is 9.72 Å². The van der Waals surface area contributed by atoms with Crippen molar-refractivity contribution >= 4 is 45.0 Å². The first-order chi connectivity index (χ1) is 20.3. The first-order valence-corrected chi connectivity index (χ1v) is 14.5. The highest BCUT2D eigenvalue weighted by Gasteiger charge is 2.44. The van der Waals surface area contributed by atoms with Crippen LogP contribution in [-0.2, 0) is 16.1 Å².